The Labute approximate surface area is 148 Å². The molecule has 5 nitrogen and oxygen atoms in total. The summed E-state index contributed by atoms with van der Waals surface area (Å²) in [5.41, 5.74) is 5.33. The Morgan fingerprint density at radius 3 is 2.56 bits per heavy atom. The van der Waals surface area contributed by atoms with Crippen LogP contribution < -0.4 is 4.72 Å². The van der Waals surface area contributed by atoms with Gasteiger partial charge in [-0.1, -0.05) is 30.3 Å². The number of hydrogen-bond donors (Lipinski definition) is 2. The van der Waals surface area contributed by atoms with E-state index in [4.69, 9.17) is 0 Å². The quantitative estimate of drug-likeness (QED) is 0.738. The Hall–Kier alpha value is -2.44. The third kappa shape index (κ3) is 3.36. The van der Waals surface area contributed by atoms with Crippen molar-refractivity contribution < 1.29 is 8.42 Å². The Balaban J connectivity index is 2.21. The fourth-order valence-corrected chi connectivity index (χ4v) is 3.80. The predicted molar refractivity (Wildman–Crippen MR) is 98.1 cm³/mol. The van der Waals surface area contributed by atoms with Gasteiger partial charge in [0.25, 0.3) is 0 Å². The standard InChI is InChI=1S/C19H21N3O2S/c1-13-6-4-9-17(14(13)2)19(18-11-21-12-22-18)15-7-5-8-16(10-15)25(23,24)20-3/h4-12,19-20H,1-3H3,(H,21,22). The largest absolute Gasteiger partial charge is 0.348 e. The average Bonchev–Trinajstić information content (AvgIpc) is 3.13. The maximum atomic E-state index is 12.2. The third-order valence-electron chi connectivity index (χ3n) is 4.56. The molecule has 1 unspecified atom stereocenters. The third-order valence-corrected chi connectivity index (χ3v) is 5.97. The highest BCUT2D eigenvalue weighted by molar-refractivity contribution is 7.89. The number of H-pyrrole nitrogens is 1. The molecule has 0 aliphatic heterocycles. The average molecular weight is 355 g/mol. The zero-order chi connectivity index (χ0) is 18.0. The molecule has 1 aromatic heterocycles. The number of benzene rings is 2. The molecule has 0 fully saturated rings. The minimum absolute atomic E-state index is 0.116. The number of rotatable bonds is 5. The first-order chi connectivity index (χ1) is 11.9. The summed E-state index contributed by atoms with van der Waals surface area (Å²) >= 11 is 0. The minimum Gasteiger partial charge on any atom is -0.348 e. The second kappa shape index (κ2) is 6.82. The number of aryl methyl sites for hydroxylation is 1. The summed E-state index contributed by atoms with van der Waals surface area (Å²) in [7, 11) is -2.08. The van der Waals surface area contributed by atoms with E-state index in [-0.39, 0.29) is 10.8 Å². The van der Waals surface area contributed by atoms with Crippen LogP contribution in [0.1, 0.15) is 33.9 Å². The smallest absolute Gasteiger partial charge is 0.240 e. The summed E-state index contributed by atoms with van der Waals surface area (Å²) in [5, 5.41) is 0. The predicted octanol–water partition coefficient (Wildman–Crippen LogP) is 3.11. The van der Waals surface area contributed by atoms with E-state index >= 15 is 0 Å². The first-order valence-corrected chi connectivity index (χ1v) is 9.50. The SMILES string of the molecule is CNS(=O)(=O)c1cccc(C(c2cnc[nH]2)c2cccc(C)c2C)c1. The molecule has 1 heterocycles. The van der Waals surface area contributed by atoms with Crippen LogP contribution in [0.3, 0.4) is 0 Å². The summed E-state index contributed by atoms with van der Waals surface area (Å²) in [6.45, 7) is 4.16. The van der Waals surface area contributed by atoms with Gasteiger partial charge in [0.05, 0.1) is 17.1 Å². The van der Waals surface area contributed by atoms with Gasteiger partial charge in [-0.05, 0) is 55.3 Å². The van der Waals surface area contributed by atoms with Crippen LogP contribution in [-0.4, -0.2) is 25.4 Å². The van der Waals surface area contributed by atoms with E-state index < -0.39 is 10.0 Å². The van der Waals surface area contributed by atoms with Crippen LogP contribution in [0.2, 0.25) is 0 Å². The first-order valence-electron chi connectivity index (χ1n) is 8.02. The van der Waals surface area contributed by atoms with E-state index in [2.05, 4.69) is 40.7 Å². The Bertz CT molecular complexity index is 980. The van der Waals surface area contributed by atoms with Crippen LogP contribution >= 0.6 is 0 Å². The van der Waals surface area contributed by atoms with Crippen LogP contribution in [0.25, 0.3) is 0 Å². The van der Waals surface area contributed by atoms with Crippen molar-refractivity contribution in [1.29, 1.82) is 0 Å². The van der Waals surface area contributed by atoms with Gasteiger partial charge in [0.1, 0.15) is 0 Å². The van der Waals surface area contributed by atoms with E-state index in [0.29, 0.717) is 0 Å². The molecule has 0 radical (unpaired) electrons. The van der Waals surface area contributed by atoms with Crippen LogP contribution in [0.5, 0.6) is 0 Å². The van der Waals surface area contributed by atoms with Crippen LogP contribution in [0.15, 0.2) is 59.9 Å². The zero-order valence-electron chi connectivity index (χ0n) is 14.4. The van der Waals surface area contributed by atoms with Gasteiger partial charge >= 0.3 is 0 Å². The molecule has 2 aromatic carbocycles. The molecule has 0 saturated heterocycles. The minimum atomic E-state index is -3.50. The molecule has 0 saturated carbocycles. The zero-order valence-corrected chi connectivity index (χ0v) is 15.3. The fourth-order valence-electron chi connectivity index (χ4n) is 3.02. The number of nitrogens with one attached hydrogen (secondary N) is 2. The van der Waals surface area contributed by atoms with E-state index in [9.17, 15) is 8.42 Å². The van der Waals surface area contributed by atoms with Crippen molar-refractivity contribution in [3.63, 3.8) is 0 Å². The van der Waals surface area contributed by atoms with Gasteiger partial charge in [-0.2, -0.15) is 0 Å². The second-order valence-corrected chi connectivity index (χ2v) is 7.90. The van der Waals surface area contributed by atoms with Crippen molar-refractivity contribution in [2.24, 2.45) is 0 Å². The molecule has 0 amide bonds. The second-order valence-electron chi connectivity index (χ2n) is 6.01. The van der Waals surface area contributed by atoms with Crippen LogP contribution in [0, 0.1) is 13.8 Å². The van der Waals surface area contributed by atoms with Crippen molar-refractivity contribution in [2.45, 2.75) is 24.7 Å². The maximum Gasteiger partial charge on any atom is 0.240 e. The Morgan fingerprint density at radius 2 is 1.88 bits per heavy atom. The number of aromatic amines is 1. The molecule has 3 rings (SSSR count). The van der Waals surface area contributed by atoms with Crippen molar-refractivity contribution >= 4 is 10.0 Å². The molecule has 0 spiro atoms. The van der Waals surface area contributed by atoms with E-state index in [1.807, 2.05) is 12.1 Å². The van der Waals surface area contributed by atoms with Gasteiger partial charge in [-0.25, -0.2) is 18.1 Å². The molecule has 2 N–H and O–H groups in total. The molecule has 0 aliphatic carbocycles. The molecule has 0 bridgehead atoms. The molecule has 3 aromatic rings. The summed E-state index contributed by atoms with van der Waals surface area (Å²) in [6.07, 6.45) is 3.42. The highest BCUT2D eigenvalue weighted by atomic mass is 32.2. The normalized spacial score (nSPS) is 12.9. The van der Waals surface area contributed by atoms with Gasteiger partial charge in [0.15, 0.2) is 0 Å². The highest BCUT2D eigenvalue weighted by Crippen LogP contribution is 2.34. The maximum absolute atomic E-state index is 12.2. The summed E-state index contributed by atoms with van der Waals surface area (Å²) in [5.74, 6) is -0.116. The van der Waals surface area contributed by atoms with Gasteiger partial charge in [-0.3, -0.25) is 0 Å². The lowest BCUT2D eigenvalue weighted by Gasteiger charge is -2.20. The van der Waals surface area contributed by atoms with Gasteiger partial charge in [-0.15, -0.1) is 0 Å². The summed E-state index contributed by atoms with van der Waals surface area (Å²) in [4.78, 5) is 7.58. The highest BCUT2D eigenvalue weighted by Gasteiger charge is 2.22. The molecular formula is C19H21N3O2S. The van der Waals surface area contributed by atoms with Gasteiger partial charge in [0, 0.05) is 11.9 Å². The molecule has 130 valence electrons. The molecule has 6 heteroatoms. The number of aromatic nitrogens is 2. The van der Waals surface area contributed by atoms with E-state index in [1.165, 1.54) is 18.2 Å². The lowest BCUT2D eigenvalue weighted by atomic mass is 9.85. The number of nitrogens with zero attached hydrogens (tertiary/aromatic N) is 1. The molecule has 25 heavy (non-hydrogen) atoms. The van der Waals surface area contributed by atoms with Crippen LogP contribution in [-0.2, 0) is 10.0 Å². The lowest BCUT2D eigenvalue weighted by Crippen LogP contribution is -2.19. The molecule has 0 aliphatic rings. The van der Waals surface area contributed by atoms with Gasteiger partial charge in [0.2, 0.25) is 10.0 Å². The summed E-state index contributed by atoms with van der Waals surface area (Å²) < 4.78 is 26.7. The van der Waals surface area contributed by atoms with E-state index in [1.54, 1.807) is 30.7 Å². The summed E-state index contributed by atoms with van der Waals surface area (Å²) in [6, 6.07) is 13.2. The number of sulfonamides is 1. The number of imidazole rings is 1. The van der Waals surface area contributed by atoms with Gasteiger partial charge < -0.3 is 4.98 Å². The van der Waals surface area contributed by atoms with Crippen molar-refractivity contribution in [2.75, 3.05) is 7.05 Å². The Morgan fingerprint density at radius 1 is 1.12 bits per heavy atom. The Kier molecular flexibility index (Phi) is 4.74. The molecule has 1 atom stereocenters. The van der Waals surface area contributed by atoms with Crippen molar-refractivity contribution in [3.05, 3.63) is 82.9 Å². The van der Waals surface area contributed by atoms with Crippen molar-refractivity contribution in [1.82, 2.24) is 14.7 Å². The monoisotopic (exact) mass is 355 g/mol. The fraction of sp³-hybridized carbons (Fsp3) is 0.211. The first kappa shape index (κ1) is 17.4. The lowest BCUT2D eigenvalue weighted by molar-refractivity contribution is 0.588. The van der Waals surface area contributed by atoms with E-state index in [0.717, 1.165) is 16.8 Å². The topological polar surface area (TPSA) is 74.8 Å². The van der Waals surface area contributed by atoms with Crippen LogP contribution in [0.4, 0.5) is 0 Å². The van der Waals surface area contributed by atoms with Crippen molar-refractivity contribution in [3.8, 4) is 0 Å². The number of hydrogen-bond acceptors (Lipinski definition) is 3. The molecular weight excluding hydrogens is 334 g/mol.